The number of hydrogen-bond acceptors (Lipinski definition) is 2. The summed E-state index contributed by atoms with van der Waals surface area (Å²) in [5.74, 6) is 0.807. The standard InChI is InChI=1S/C18H18N2O/c1-13-10-14(2)12-16(11-13)18(21)20-9-8-19-17(20)15-6-4-3-5-7-15/h3-7,10-12H,8-9H2,1-2H3. The van der Waals surface area contributed by atoms with Crippen molar-refractivity contribution in [1.29, 1.82) is 0 Å². The number of aliphatic imine (C=N–C) groups is 1. The van der Waals surface area contributed by atoms with E-state index in [1.54, 1.807) is 4.90 Å². The van der Waals surface area contributed by atoms with Crippen molar-refractivity contribution in [3.8, 4) is 0 Å². The third kappa shape index (κ3) is 2.72. The Labute approximate surface area is 124 Å². The molecule has 0 aliphatic carbocycles. The summed E-state index contributed by atoms with van der Waals surface area (Å²) in [7, 11) is 0. The number of carbonyl (C=O) groups is 1. The molecule has 0 radical (unpaired) electrons. The van der Waals surface area contributed by atoms with Gasteiger partial charge in [-0.2, -0.15) is 0 Å². The second-order valence-corrected chi connectivity index (χ2v) is 5.40. The van der Waals surface area contributed by atoms with E-state index in [9.17, 15) is 4.79 Å². The summed E-state index contributed by atoms with van der Waals surface area (Å²) < 4.78 is 0. The van der Waals surface area contributed by atoms with E-state index in [4.69, 9.17) is 0 Å². The van der Waals surface area contributed by atoms with Gasteiger partial charge in [0.25, 0.3) is 5.91 Å². The van der Waals surface area contributed by atoms with E-state index in [1.807, 2.05) is 56.3 Å². The first-order chi connectivity index (χ1) is 10.1. The van der Waals surface area contributed by atoms with E-state index in [0.717, 1.165) is 28.1 Å². The van der Waals surface area contributed by atoms with Gasteiger partial charge in [0.1, 0.15) is 5.84 Å². The first kappa shape index (κ1) is 13.6. The van der Waals surface area contributed by atoms with Crippen LogP contribution in [0.5, 0.6) is 0 Å². The van der Waals surface area contributed by atoms with Gasteiger partial charge >= 0.3 is 0 Å². The molecular weight excluding hydrogens is 260 g/mol. The zero-order chi connectivity index (χ0) is 14.8. The molecule has 1 amide bonds. The maximum Gasteiger partial charge on any atom is 0.259 e. The van der Waals surface area contributed by atoms with Gasteiger partial charge in [-0.25, -0.2) is 0 Å². The van der Waals surface area contributed by atoms with Crippen LogP contribution in [0.4, 0.5) is 0 Å². The summed E-state index contributed by atoms with van der Waals surface area (Å²) in [4.78, 5) is 19.1. The van der Waals surface area contributed by atoms with Crippen molar-refractivity contribution in [3.05, 3.63) is 70.8 Å². The van der Waals surface area contributed by atoms with Gasteiger partial charge in [-0.15, -0.1) is 0 Å². The minimum absolute atomic E-state index is 0.0295. The number of amidine groups is 1. The average Bonchev–Trinajstić information content (AvgIpc) is 2.95. The molecule has 0 saturated carbocycles. The zero-order valence-corrected chi connectivity index (χ0v) is 12.3. The largest absolute Gasteiger partial charge is 0.291 e. The van der Waals surface area contributed by atoms with Crippen LogP contribution in [0.3, 0.4) is 0 Å². The topological polar surface area (TPSA) is 32.7 Å². The highest BCUT2D eigenvalue weighted by Gasteiger charge is 2.25. The highest BCUT2D eigenvalue weighted by Crippen LogP contribution is 2.17. The lowest BCUT2D eigenvalue weighted by Crippen LogP contribution is -2.34. The summed E-state index contributed by atoms with van der Waals surface area (Å²) in [6.45, 7) is 5.34. The molecule has 3 rings (SSSR count). The van der Waals surface area contributed by atoms with Gasteiger partial charge in [-0.1, -0.05) is 47.5 Å². The predicted octanol–water partition coefficient (Wildman–Crippen LogP) is 3.21. The quantitative estimate of drug-likeness (QED) is 0.830. The smallest absolute Gasteiger partial charge is 0.259 e. The Morgan fingerprint density at radius 3 is 2.38 bits per heavy atom. The lowest BCUT2D eigenvalue weighted by molar-refractivity contribution is 0.0858. The van der Waals surface area contributed by atoms with E-state index >= 15 is 0 Å². The van der Waals surface area contributed by atoms with Crippen LogP contribution < -0.4 is 0 Å². The number of carbonyl (C=O) groups excluding carboxylic acids is 1. The Hall–Kier alpha value is -2.42. The van der Waals surface area contributed by atoms with Crippen molar-refractivity contribution in [2.24, 2.45) is 4.99 Å². The van der Waals surface area contributed by atoms with E-state index in [0.29, 0.717) is 13.1 Å². The zero-order valence-electron chi connectivity index (χ0n) is 12.3. The third-order valence-corrected chi connectivity index (χ3v) is 3.59. The Morgan fingerprint density at radius 2 is 1.71 bits per heavy atom. The molecule has 1 heterocycles. The van der Waals surface area contributed by atoms with Crippen LogP contribution >= 0.6 is 0 Å². The second kappa shape index (κ2) is 5.52. The molecule has 0 atom stereocenters. The molecule has 0 unspecified atom stereocenters. The van der Waals surface area contributed by atoms with Crippen LogP contribution in [-0.2, 0) is 0 Å². The van der Waals surface area contributed by atoms with E-state index < -0.39 is 0 Å². The minimum atomic E-state index is 0.0295. The molecule has 0 N–H and O–H groups in total. The van der Waals surface area contributed by atoms with Crippen molar-refractivity contribution in [3.63, 3.8) is 0 Å². The minimum Gasteiger partial charge on any atom is -0.291 e. The van der Waals surface area contributed by atoms with Crippen molar-refractivity contribution in [1.82, 2.24) is 4.90 Å². The Morgan fingerprint density at radius 1 is 1.05 bits per heavy atom. The maximum atomic E-state index is 12.8. The van der Waals surface area contributed by atoms with Crippen LogP contribution in [-0.4, -0.2) is 29.7 Å². The van der Waals surface area contributed by atoms with Crippen molar-refractivity contribution >= 4 is 11.7 Å². The average molecular weight is 278 g/mol. The van der Waals surface area contributed by atoms with Crippen LogP contribution in [0, 0.1) is 13.8 Å². The highest BCUT2D eigenvalue weighted by molar-refractivity contribution is 6.13. The van der Waals surface area contributed by atoms with Crippen LogP contribution in [0.2, 0.25) is 0 Å². The van der Waals surface area contributed by atoms with E-state index in [2.05, 4.69) is 11.1 Å². The molecule has 1 aliphatic rings. The lowest BCUT2D eigenvalue weighted by atomic mass is 10.1. The number of hydrogen-bond donors (Lipinski definition) is 0. The molecule has 2 aromatic carbocycles. The SMILES string of the molecule is Cc1cc(C)cc(C(=O)N2CCN=C2c2ccccc2)c1. The fraction of sp³-hybridized carbons (Fsp3) is 0.222. The molecule has 0 spiro atoms. The van der Waals surface area contributed by atoms with Gasteiger partial charge in [0.2, 0.25) is 0 Å². The fourth-order valence-electron chi connectivity index (χ4n) is 2.73. The lowest BCUT2D eigenvalue weighted by Gasteiger charge is -2.19. The molecule has 1 aliphatic heterocycles. The molecule has 0 aromatic heterocycles. The van der Waals surface area contributed by atoms with Gasteiger partial charge in [0, 0.05) is 17.7 Å². The molecule has 21 heavy (non-hydrogen) atoms. The second-order valence-electron chi connectivity index (χ2n) is 5.40. The highest BCUT2D eigenvalue weighted by atomic mass is 16.2. The molecule has 0 saturated heterocycles. The molecule has 2 aromatic rings. The van der Waals surface area contributed by atoms with E-state index in [1.165, 1.54) is 0 Å². The summed E-state index contributed by atoms with van der Waals surface area (Å²) in [5, 5.41) is 0. The number of aryl methyl sites for hydroxylation is 2. The first-order valence-corrected chi connectivity index (χ1v) is 7.15. The fourth-order valence-corrected chi connectivity index (χ4v) is 2.73. The Balaban J connectivity index is 1.93. The molecular formula is C18H18N2O. The monoisotopic (exact) mass is 278 g/mol. The normalized spacial score (nSPS) is 14.2. The Bertz CT molecular complexity index is 684. The maximum absolute atomic E-state index is 12.8. The predicted molar refractivity (Wildman–Crippen MR) is 84.8 cm³/mol. The Kier molecular flexibility index (Phi) is 3.57. The van der Waals surface area contributed by atoms with Crippen LogP contribution in [0.1, 0.15) is 27.0 Å². The summed E-state index contributed by atoms with van der Waals surface area (Å²) in [6.07, 6.45) is 0. The van der Waals surface area contributed by atoms with Crippen LogP contribution in [0.25, 0.3) is 0 Å². The van der Waals surface area contributed by atoms with E-state index in [-0.39, 0.29) is 5.91 Å². The molecule has 106 valence electrons. The van der Waals surface area contributed by atoms with Crippen LogP contribution in [0.15, 0.2) is 53.5 Å². The van der Waals surface area contributed by atoms with Gasteiger partial charge in [-0.3, -0.25) is 14.7 Å². The summed E-state index contributed by atoms with van der Waals surface area (Å²) in [6, 6.07) is 15.8. The van der Waals surface area contributed by atoms with Gasteiger partial charge in [-0.05, 0) is 26.0 Å². The van der Waals surface area contributed by atoms with Crippen molar-refractivity contribution < 1.29 is 4.79 Å². The van der Waals surface area contributed by atoms with Crippen molar-refractivity contribution in [2.45, 2.75) is 13.8 Å². The molecule has 3 heteroatoms. The molecule has 0 fully saturated rings. The number of benzene rings is 2. The number of amides is 1. The summed E-state index contributed by atoms with van der Waals surface area (Å²) in [5.41, 5.74) is 3.94. The van der Waals surface area contributed by atoms with Gasteiger partial charge in [0.05, 0.1) is 6.54 Å². The van der Waals surface area contributed by atoms with Crippen molar-refractivity contribution in [2.75, 3.05) is 13.1 Å². The molecule has 3 nitrogen and oxygen atoms in total. The summed E-state index contributed by atoms with van der Waals surface area (Å²) >= 11 is 0. The molecule has 0 bridgehead atoms. The third-order valence-electron chi connectivity index (χ3n) is 3.59. The van der Waals surface area contributed by atoms with Gasteiger partial charge in [0.15, 0.2) is 0 Å². The van der Waals surface area contributed by atoms with Gasteiger partial charge < -0.3 is 0 Å². The number of nitrogens with zero attached hydrogens (tertiary/aromatic N) is 2. The number of rotatable bonds is 2. The first-order valence-electron chi connectivity index (χ1n) is 7.15.